The first-order valence-electron chi connectivity index (χ1n) is 5.46. The lowest BCUT2D eigenvalue weighted by Crippen LogP contribution is -2.17. The second-order valence-corrected chi connectivity index (χ2v) is 4.89. The van der Waals surface area contributed by atoms with Crippen molar-refractivity contribution in [3.05, 3.63) is 47.0 Å². The predicted molar refractivity (Wildman–Crippen MR) is 70.1 cm³/mol. The highest BCUT2D eigenvalue weighted by Gasteiger charge is 2.05. The molecule has 0 bridgehead atoms. The molecular weight excluding hydrogens is 216 g/mol. The highest BCUT2D eigenvalue weighted by Crippen LogP contribution is 2.16. The van der Waals surface area contributed by atoms with Crippen molar-refractivity contribution in [3.8, 4) is 0 Å². The molecule has 3 heteroatoms. The number of nitrogens with zero attached hydrogens (tertiary/aromatic N) is 1. The molecule has 1 unspecified atom stereocenters. The highest BCUT2D eigenvalue weighted by atomic mass is 32.1. The normalized spacial score (nSPS) is 12.4. The molecule has 1 N–H and O–H groups in total. The molecule has 2 nitrogen and oxygen atoms in total. The van der Waals surface area contributed by atoms with Crippen molar-refractivity contribution < 1.29 is 0 Å². The lowest BCUT2D eigenvalue weighted by molar-refractivity contribution is 0.788. The summed E-state index contributed by atoms with van der Waals surface area (Å²) in [7, 11) is 0. The quantitative estimate of drug-likeness (QED) is 0.872. The minimum absolute atomic E-state index is 0.410. The first kappa shape index (κ1) is 11.1. The zero-order valence-electron chi connectivity index (χ0n) is 9.60. The van der Waals surface area contributed by atoms with Gasteiger partial charge in [-0.25, -0.2) is 4.98 Å². The Morgan fingerprint density at radius 3 is 2.69 bits per heavy atom. The van der Waals surface area contributed by atoms with Crippen LogP contribution in [0.1, 0.15) is 18.2 Å². The number of hydrogen-bond acceptors (Lipinski definition) is 3. The van der Waals surface area contributed by atoms with Gasteiger partial charge in [0.2, 0.25) is 0 Å². The summed E-state index contributed by atoms with van der Waals surface area (Å²) in [6.45, 7) is 4.20. The standard InChI is InChI=1S/C13H16N2S/c1-10(8-12-6-4-3-5-7-12)14-13-15-11(2)9-16-13/h3-7,9-10H,8H2,1-2H3,(H,14,15). The number of anilines is 1. The summed E-state index contributed by atoms with van der Waals surface area (Å²) in [5, 5.41) is 6.50. The van der Waals surface area contributed by atoms with E-state index < -0.39 is 0 Å². The fourth-order valence-electron chi connectivity index (χ4n) is 1.65. The van der Waals surface area contributed by atoms with Gasteiger partial charge in [0.15, 0.2) is 5.13 Å². The van der Waals surface area contributed by atoms with Crippen LogP contribution in [-0.4, -0.2) is 11.0 Å². The lowest BCUT2D eigenvalue weighted by Gasteiger charge is -2.12. The number of hydrogen-bond donors (Lipinski definition) is 1. The van der Waals surface area contributed by atoms with Crippen molar-refractivity contribution in [1.29, 1.82) is 0 Å². The number of aromatic nitrogens is 1. The van der Waals surface area contributed by atoms with E-state index in [0.29, 0.717) is 6.04 Å². The molecule has 1 heterocycles. The van der Waals surface area contributed by atoms with Gasteiger partial charge >= 0.3 is 0 Å². The molecule has 0 amide bonds. The number of rotatable bonds is 4. The van der Waals surface area contributed by atoms with E-state index in [1.165, 1.54) is 5.56 Å². The maximum Gasteiger partial charge on any atom is 0.183 e. The molecule has 2 aromatic rings. The van der Waals surface area contributed by atoms with Crippen LogP contribution in [0.5, 0.6) is 0 Å². The van der Waals surface area contributed by atoms with Crippen LogP contribution >= 0.6 is 11.3 Å². The summed E-state index contributed by atoms with van der Waals surface area (Å²) in [6.07, 6.45) is 1.03. The van der Waals surface area contributed by atoms with Crippen molar-refractivity contribution in [2.24, 2.45) is 0 Å². The van der Waals surface area contributed by atoms with E-state index in [9.17, 15) is 0 Å². The largest absolute Gasteiger partial charge is 0.359 e. The summed E-state index contributed by atoms with van der Waals surface area (Å²) < 4.78 is 0. The summed E-state index contributed by atoms with van der Waals surface area (Å²) in [6, 6.07) is 10.9. The van der Waals surface area contributed by atoms with E-state index in [2.05, 4.69) is 46.9 Å². The van der Waals surface area contributed by atoms with Crippen LogP contribution in [0.2, 0.25) is 0 Å². The number of aryl methyl sites for hydroxylation is 1. The molecule has 0 saturated heterocycles. The molecule has 0 aliphatic rings. The SMILES string of the molecule is Cc1csc(NC(C)Cc2ccccc2)n1. The second kappa shape index (κ2) is 5.12. The lowest BCUT2D eigenvalue weighted by atomic mass is 10.1. The van der Waals surface area contributed by atoms with Crippen LogP contribution in [0.3, 0.4) is 0 Å². The monoisotopic (exact) mass is 232 g/mol. The van der Waals surface area contributed by atoms with Gasteiger partial charge < -0.3 is 5.32 Å². The minimum Gasteiger partial charge on any atom is -0.359 e. The molecule has 0 aliphatic heterocycles. The first-order chi connectivity index (χ1) is 7.74. The van der Waals surface area contributed by atoms with Crippen molar-refractivity contribution in [1.82, 2.24) is 4.98 Å². The van der Waals surface area contributed by atoms with Crippen LogP contribution in [0.4, 0.5) is 5.13 Å². The zero-order chi connectivity index (χ0) is 11.4. The van der Waals surface area contributed by atoms with Crippen molar-refractivity contribution in [2.45, 2.75) is 26.3 Å². The molecule has 0 spiro atoms. The van der Waals surface area contributed by atoms with Gasteiger partial charge in [-0.15, -0.1) is 11.3 Å². The average Bonchev–Trinajstić information content (AvgIpc) is 2.65. The van der Waals surface area contributed by atoms with Gasteiger partial charge in [0.05, 0.1) is 5.69 Å². The molecule has 1 atom stereocenters. The highest BCUT2D eigenvalue weighted by molar-refractivity contribution is 7.13. The summed E-state index contributed by atoms with van der Waals surface area (Å²) in [4.78, 5) is 4.40. The topological polar surface area (TPSA) is 24.9 Å². The van der Waals surface area contributed by atoms with E-state index in [0.717, 1.165) is 17.2 Å². The zero-order valence-corrected chi connectivity index (χ0v) is 10.4. The van der Waals surface area contributed by atoms with E-state index >= 15 is 0 Å². The molecule has 0 fully saturated rings. The van der Waals surface area contributed by atoms with Gasteiger partial charge in [-0.05, 0) is 25.8 Å². The van der Waals surface area contributed by atoms with E-state index in [4.69, 9.17) is 0 Å². The Labute approximate surface area is 100 Å². The average molecular weight is 232 g/mol. The van der Waals surface area contributed by atoms with Crippen LogP contribution in [0.15, 0.2) is 35.7 Å². The van der Waals surface area contributed by atoms with Crippen LogP contribution in [-0.2, 0) is 6.42 Å². The van der Waals surface area contributed by atoms with Crippen molar-refractivity contribution in [3.63, 3.8) is 0 Å². The molecule has 16 heavy (non-hydrogen) atoms. The molecule has 0 radical (unpaired) electrons. The third kappa shape index (κ3) is 3.07. The molecule has 0 aliphatic carbocycles. The van der Waals surface area contributed by atoms with Crippen molar-refractivity contribution in [2.75, 3.05) is 5.32 Å². The molecule has 2 rings (SSSR count). The smallest absolute Gasteiger partial charge is 0.183 e. The Kier molecular flexibility index (Phi) is 3.57. The van der Waals surface area contributed by atoms with Crippen LogP contribution < -0.4 is 5.32 Å². The Morgan fingerprint density at radius 2 is 2.06 bits per heavy atom. The first-order valence-corrected chi connectivity index (χ1v) is 6.34. The number of nitrogens with one attached hydrogen (secondary N) is 1. The molecular formula is C13H16N2S. The van der Waals surface area contributed by atoms with Gasteiger partial charge in [0, 0.05) is 11.4 Å². The Morgan fingerprint density at radius 1 is 1.31 bits per heavy atom. The Hall–Kier alpha value is -1.35. The van der Waals surface area contributed by atoms with Gasteiger partial charge in [-0.1, -0.05) is 30.3 Å². The number of benzene rings is 1. The second-order valence-electron chi connectivity index (χ2n) is 4.03. The maximum absolute atomic E-state index is 4.40. The van der Waals surface area contributed by atoms with Crippen molar-refractivity contribution >= 4 is 16.5 Å². The van der Waals surface area contributed by atoms with Gasteiger partial charge in [-0.2, -0.15) is 0 Å². The molecule has 1 aromatic carbocycles. The van der Waals surface area contributed by atoms with Crippen LogP contribution in [0.25, 0.3) is 0 Å². The molecule has 0 saturated carbocycles. The third-order valence-electron chi connectivity index (χ3n) is 2.37. The minimum atomic E-state index is 0.410. The van der Waals surface area contributed by atoms with E-state index in [-0.39, 0.29) is 0 Å². The summed E-state index contributed by atoms with van der Waals surface area (Å²) in [5.41, 5.74) is 2.44. The van der Waals surface area contributed by atoms with Gasteiger partial charge in [0.25, 0.3) is 0 Å². The fourth-order valence-corrected chi connectivity index (χ4v) is 2.45. The predicted octanol–water partition coefficient (Wildman–Crippen LogP) is 3.49. The molecule has 1 aromatic heterocycles. The summed E-state index contributed by atoms with van der Waals surface area (Å²) >= 11 is 1.67. The maximum atomic E-state index is 4.40. The molecule has 84 valence electrons. The van der Waals surface area contributed by atoms with E-state index in [1.54, 1.807) is 11.3 Å². The summed E-state index contributed by atoms with van der Waals surface area (Å²) in [5.74, 6) is 0. The van der Waals surface area contributed by atoms with Gasteiger partial charge in [0.1, 0.15) is 0 Å². The number of thiazole rings is 1. The van der Waals surface area contributed by atoms with Crippen LogP contribution in [0, 0.1) is 6.92 Å². The Bertz CT molecular complexity index is 436. The Balaban J connectivity index is 1.92. The third-order valence-corrected chi connectivity index (χ3v) is 3.26. The fraction of sp³-hybridized carbons (Fsp3) is 0.308. The van der Waals surface area contributed by atoms with Gasteiger partial charge in [-0.3, -0.25) is 0 Å². The van der Waals surface area contributed by atoms with E-state index in [1.807, 2.05) is 13.0 Å².